The first-order chi connectivity index (χ1) is 11.7. The molecule has 2 aromatic carbocycles. The normalized spacial score (nSPS) is 10.6. The minimum atomic E-state index is 0.0323. The molecule has 1 N–H and O–H groups in total. The Bertz CT molecular complexity index is 871. The average molecular weight is 325 g/mol. The molecule has 0 radical (unpaired) electrons. The maximum absolute atomic E-state index is 10.6. The second-order valence-corrected chi connectivity index (χ2v) is 5.31. The van der Waals surface area contributed by atoms with Crippen molar-refractivity contribution in [1.82, 2.24) is 4.98 Å². The fraction of sp³-hybridized carbons (Fsp3) is 0.211. The Hall–Kier alpha value is -2.95. The lowest BCUT2D eigenvalue weighted by Gasteiger charge is -2.16. The van der Waals surface area contributed by atoms with Gasteiger partial charge in [0.25, 0.3) is 0 Å². The van der Waals surface area contributed by atoms with E-state index in [-0.39, 0.29) is 11.5 Å². The van der Waals surface area contributed by atoms with Gasteiger partial charge in [0.1, 0.15) is 0 Å². The van der Waals surface area contributed by atoms with Crippen LogP contribution in [-0.4, -0.2) is 31.4 Å². The molecular weight excluding hydrogens is 306 g/mol. The molecular formula is C19H19NO4. The van der Waals surface area contributed by atoms with E-state index in [0.717, 1.165) is 16.5 Å². The molecule has 0 amide bonds. The third kappa shape index (κ3) is 2.69. The van der Waals surface area contributed by atoms with Crippen LogP contribution >= 0.6 is 0 Å². The Morgan fingerprint density at radius 1 is 0.958 bits per heavy atom. The number of rotatable bonds is 5. The molecule has 0 saturated heterocycles. The minimum absolute atomic E-state index is 0.0323. The summed E-state index contributed by atoms with van der Waals surface area (Å²) in [5.41, 5.74) is 1.53. The maximum Gasteiger partial charge on any atom is 0.207 e. The quantitative estimate of drug-likeness (QED) is 0.777. The van der Waals surface area contributed by atoms with Crippen molar-refractivity contribution in [3.63, 3.8) is 0 Å². The molecule has 0 bridgehead atoms. The van der Waals surface area contributed by atoms with Gasteiger partial charge in [-0.05, 0) is 17.5 Å². The highest BCUT2D eigenvalue weighted by molar-refractivity contribution is 5.84. The van der Waals surface area contributed by atoms with E-state index in [1.165, 1.54) is 14.2 Å². The van der Waals surface area contributed by atoms with Crippen LogP contribution in [0.3, 0.4) is 0 Å². The number of pyridine rings is 1. The standard InChI is InChI=1S/C19H19NO4/c1-22-16-11-13(17(21)19(24-3)18(16)23-2)10-15-14-7-5-4-6-12(14)8-9-20-15/h4-9,11,21H,10H2,1-3H3. The topological polar surface area (TPSA) is 60.8 Å². The Balaban J connectivity index is 2.12. The number of phenolic OH excluding ortho intramolecular Hbond substituents is 1. The Morgan fingerprint density at radius 2 is 1.71 bits per heavy atom. The van der Waals surface area contributed by atoms with Crippen molar-refractivity contribution in [3.8, 4) is 23.0 Å². The molecule has 24 heavy (non-hydrogen) atoms. The summed E-state index contributed by atoms with van der Waals surface area (Å²) < 4.78 is 16.0. The molecule has 124 valence electrons. The number of fused-ring (bicyclic) bond motifs is 1. The summed E-state index contributed by atoms with van der Waals surface area (Å²) >= 11 is 0. The van der Waals surface area contributed by atoms with Gasteiger partial charge >= 0.3 is 0 Å². The van der Waals surface area contributed by atoms with Gasteiger partial charge in [-0.25, -0.2) is 0 Å². The fourth-order valence-corrected chi connectivity index (χ4v) is 2.83. The molecule has 1 heterocycles. The van der Waals surface area contributed by atoms with Crippen LogP contribution in [0.2, 0.25) is 0 Å². The predicted molar refractivity (Wildman–Crippen MR) is 92.3 cm³/mol. The van der Waals surface area contributed by atoms with Crippen molar-refractivity contribution < 1.29 is 19.3 Å². The molecule has 0 aliphatic heterocycles. The zero-order valence-electron chi connectivity index (χ0n) is 13.9. The van der Waals surface area contributed by atoms with Crippen LogP contribution in [-0.2, 0) is 6.42 Å². The summed E-state index contributed by atoms with van der Waals surface area (Å²) in [5, 5.41) is 12.7. The molecule has 0 aliphatic rings. The van der Waals surface area contributed by atoms with E-state index in [0.29, 0.717) is 23.5 Å². The van der Waals surface area contributed by atoms with Crippen LogP contribution in [0.1, 0.15) is 11.3 Å². The van der Waals surface area contributed by atoms with Crippen LogP contribution in [0.4, 0.5) is 0 Å². The van der Waals surface area contributed by atoms with E-state index < -0.39 is 0 Å². The van der Waals surface area contributed by atoms with Crippen LogP contribution < -0.4 is 14.2 Å². The summed E-state index contributed by atoms with van der Waals surface area (Å²) in [5.74, 6) is 1.16. The number of aromatic nitrogens is 1. The molecule has 0 aliphatic carbocycles. The third-order valence-electron chi connectivity index (χ3n) is 4.00. The summed E-state index contributed by atoms with van der Waals surface area (Å²) in [6, 6.07) is 11.7. The first-order valence-electron chi connectivity index (χ1n) is 7.53. The van der Waals surface area contributed by atoms with Gasteiger partial charge in [-0.2, -0.15) is 0 Å². The number of phenols is 1. The Morgan fingerprint density at radius 3 is 2.42 bits per heavy atom. The number of methoxy groups -OCH3 is 3. The largest absolute Gasteiger partial charge is 0.504 e. The van der Waals surface area contributed by atoms with Crippen LogP contribution in [0.5, 0.6) is 23.0 Å². The smallest absolute Gasteiger partial charge is 0.207 e. The summed E-state index contributed by atoms with van der Waals surface area (Å²) in [4.78, 5) is 4.47. The summed E-state index contributed by atoms with van der Waals surface area (Å²) in [6.45, 7) is 0. The van der Waals surface area contributed by atoms with E-state index in [1.807, 2.05) is 30.3 Å². The number of aromatic hydroxyl groups is 1. The van der Waals surface area contributed by atoms with Crippen molar-refractivity contribution in [2.75, 3.05) is 21.3 Å². The number of benzene rings is 2. The minimum Gasteiger partial charge on any atom is -0.504 e. The van der Waals surface area contributed by atoms with E-state index in [9.17, 15) is 5.11 Å². The monoisotopic (exact) mass is 325 g/mol. The highest BCUT2D eigenvalue weighted by Gasteiger charge is 2.21. The molecule has 3 aromatic rings. The average Bonchev–Trinajstić information content (AvgIpc) is 2.63. The van der Waals surface area contributed by atoms with Crippen LogP contribution in [0, 0.1) is 0 Å². The third-order valence-corrected chi connectivity index (χ3v) is 4.00. The van der Waals surface area contributed by atoms with Gasteiger partial charge in [-0.1, -0.05) is 24.3 Å². The van der Waals surface area contributed by atoms with Gasteiger partial charge in [-0.15, -0.1) is 0 Å². The van der Waals surface area contributed by atoms with Crippen LogP contribution in [0.25, 0.3) is 10.8 Å². The van der Waals surface area contributed by atoms with Crippen molar-refractivity contribution in [3.05, 3.63) is 53.9 Å². The van der Waals surface area contributed by atoms with E-state index in [4.69, 9.17) is 14.2 Å². The van der Waals surface area contributed by atoms with E-state index in [2.05, 4.69) is 4.98 Å². The lowest BCUT2D eigenvalue weighted by molar-refractivity contribution is 0.309. The molecule has 0 unspecified atom stereocenters. The highest BCUT2D eigenvalue weighted by atomic mass is 16.5. The first-order valence-corrected chi connectivity index (χ1v) is 7.53. The zero-order valence-corrected chi connectivity index (χ0v) is 13.9. The highest BCUT2D eigenvalue weighted by Crippen LogP contribution is 2.46. The van der Waals surface area contributed by atoms with Gasteiger partial charge in [0.15, 0.2) is 11.5 Å². The van der Waals surface area contributed by atoms with Crippen molar-refractivity contribution >= 4 is 10.8 Å². The van der Waals surface area contributed by atoms with Crippen molar-refractivity contribution in [2.45, 2.75) is 6.42 Å². The van der Waals surface area contributed by atoms with Crippen molar-refractivity contribution in [1.29, 1.82) is 0 Å². The zero-order chi connectivity index (χ0) is 17.1. The molecule has 5 nitrogen and oxygen atoms in total. The van der Waals surface area contributed by atoms with Gasteiger partial charge in [0, 0.05) is 23.6 Å². The molecule has 0 spiro atoms. The number of nitrogens with zero attached hydrogens (tertiary/aromatic N) is 1. The molecule has 5 heteroatoms. The fourth-order valence-electron chi connectivity index (χ4n) is 2.83. The second-order valence-electron chi connectivity index (χ2n) is 5.31. The maximum atomic E-state index is 10.6. The van der Waals surface area contributed by atoms with E-state index >= 15 is 0 Å². The number of ether oxygens (including phenoxy) is 3. The SMILES string of the molecule is COc1cc(Cc2nccc3ccccc23)c(O)c(OC)c1OC. The lowest BCUT2D eigenvalue weighted by Crippen LogP contribution is -2.00. The van der Waals surface area contributed by atoms with Crippen molar-refractivity contribution in [2.24, 2.45) is 0 Å². The Labute approximate surface area is 140 Å². The predicted octanol–water partition coefficient (Wildman–Crippen LogP) is 3.56. The van der Waals surface area contributed by atoms with Gasteiger partial charge in [0.2, 0.25) is 11.5 Å². The van der Waals surface area contributed by atoms with Crippen LogP contribution in [0.15, 0.2) is 42.6 Å². The molecule has 0 atom stereocenters. The van der Waals surface area contributed by atoms with E-state index in [1.54, 1.807) is 19.4 Å². The second kappa shape index (κ2) is 6.66. The lowest BCUT2D eigenvalue weighted by atomic mass is 10.0. The number of hydrogen-bond acceptors (Lipinski definition) is 5. The van der Waals surface area contributed by atoms with Gasteiger partial charge in [-0.3, -0.25) is 4.98 Å². The first kappa shape index (κ1) is 15.9. The summed E-state index contributed by atoms with van der Waals surface area (Å²) in [6.07, 6.45) is 2.22. The van der Waals surface area contributed by atoms with Gasteiger partial charge in [0.05, 0.1) is 27.0 Å². The number of hydrogen-bond donors (Lipinski definition) is 1. The molecule has 0 saturated carbocycles. The summed E-state index contributed by atoms with van der Waals surface area (Å²) in [7, 11) is 4.54. The molecule has 3 rings (SSSR count). The Kier molecular flexibility index (Phi) is 4.42. The molecule has 1 aromatic heterocycles. The van der Waals surface area contributed by atoms with Gasteiger partial charge < -0.3 is 19.3 Å². The molecule has 0 fully saturated rings.